The van der Waals surface area contributed by atoms with Crippen molar-refractivity contribution in [3.05, 3.63) is 12.2 Å². The van der Waals surface area contributed by atoms with Crippen LogP contribution in [0.2, 0.25) is 0 Å². The largest absolute Gasteiger partial charge is 0.481 e. The molecule has 1 spiro atoms. The molecule has 4 saturated carbocycles. The van der Waals surface area contributed by atoms with Crippen LogP contribution in [-0.4, -0.2) is 59.7 Å². The van der Waals surface area contributed by atoms with E-state index in [4.69, 9.17) is 4.74 Å². The normalized spacial score (nSPS) is 59.5. The van der Waals surface area contributed by atoms with Crippen molar-refractivity contribution in [2.45, 2.75) is 66.4 Å². The number of fused-ring (bicyclic) bond motifs is 1. The Kier molecular flexibility index (Phi) is 3.65. The third-order valence-corrected chi connectivity index (χ3v) is 10.6. The van der Waals surface area contributed by atoms with Crippen molar-refractivity contribution in [2.24, 2.45) is 28.6 Å². The van der Waals surface area contributed by atoms with E-state index in [1.165, 1.54) is 0 Å². The number of rotatable bonds is 1. The summed E-state index contributed by atoms with van der Waals surface area (Å²) in [6.45, 7) is 5.76. The predicted octanol–water partition coefficient (Wildman–Crippen LogP) is 1.03. The Morgan fingerprint density at radius 2 is 2.00 bits per heavy atom. The monoisotopic (exact) mass is 504 g/mol. The van der Waals surface area contributed by atoms with Gasteiger partial charge in [0.2, 0.25) is 0 Å². The average Bonchev–Trinajstić information content (AvgIpc) is 2.96. The van der Waals surface area contributed by atoms with E-state index in [1.807, 2.05) is 22.6 Å². The summed E-state index contributed by atoms with van der Waals surface area (Å²) < 4.78 is 5.41. The third-order valence-electron chi connectivity index (χ3n) is 8.87. The summed E-state index contributed by atoms with van der Waals surface area (Å²) in [6.07, 6.45) is -0.878. The number of carbonyl (C=O) groups is 2. The summed E-state index contributed by atoms with van der Waals surface area (Å²) >= 11 is 2.03. The van der Waals surface area contributed by atoms with E-state index in [0.717, 1.165) is 0 Å². The van der Waals surface area contributed by atoms with E-state index in [9.17, 15) is 30.0 Å². The molecule has 1 heterocycles. The summed E-state index contributed by atoms with van der Waals surface area (Å²) in [5.74, 6) is -3.27. The van der Waals surface area contributed by atoms with Crippen LogP contribution in [0.15, 0.2) is 12.2 Å². The Bertz CT molecular complexity index is 814. The number of carboxylic acids is 1. The van der Waals surface area contributed by atoms with Gasteiger partial charge in [-0.15, -0.1) is 0 Å². The fraction of sp³-hybridized carbons (Fsp3) is 0.800. The molecule has 154 valence electrons. The fourth-order valence-electron chi connectivity index (χ4n) is 8.00. The van der Waals surface area contributed by atoms with Gasteiger partial charge >= 0.3 is 11.9 Å². The Hall–Kier alpha value is -0.710. The molecule has 10 atom stereocenters. The van der Waals surface area contributed by atoms with E-state index in [1.54, 1.807) is 6.92 Å². The van der Waals surface area contributed by atoms with Crippen LogP contribution in [0.1, 0.15) is 39.0 Å². The number of esters is 1. The maximum absolute atomic E-state index is 12.7. The van der Waals surface area contributed by atoms with Crippen molar-refractivity contribution in [1.29, 1.82) is 0 Å². The lowest BCUT2D eigenvalue weighted by Gasteiger charge is -2.61. The van der Waals surface area contributed by atoms with Crippen LogP contribution in [0.5, 0.6) is 0 Å². The number of alkyl halides is 1. The molecule has 4 bridgehead atoms. The van der Waals surface area contributed by atoms with Gasteiger partial charge in [-0.1, -0.05) is 36.1 Å². The van der Waals surface area contributed by atoms with Gasteiger partial charge in [0.05, 0.1) is 34.1 Å². The van der Waals surface area contributed by atoms with Gasteiger partial charge in [-0.25, -0.2) is 0 Å². The van der Waals surface area contributed by atoms with Crippen molar-refractivity contribution in [1.82, 2.24) is 0 Å². The first-order valence-electron chi connectivity index (χ1n) is 9.79. The van der Waals surface area contributed by atoms with Gasteiger partial charge in [0.1, 0.15) is 5.60 Å². The molecule has 5 aliphatic rings. The molecular formula is C20H25IO7. The molecule has 0 radical (unpaired) electrons. The van der Waals surface area contributed by atoms with E-state index in [-0.39, 0.29) is 18.8 Å². The number of ether oxygens (including phenoxy) is 1. The lowest BCUT2D eigenvalue weighted by atomic mass is 9.53. The van der Waals surface area contributed by atoms with E-state index >= 15 is 0 Å². The first-order chi connectivity index (χ1) is 12.9. The highest BCUT2D eigenvalue weighted by Gasteiger charge is 2.84. The van der Waals surface area contributed by atoms with Crippen molar-refractivity contribution < 1.29 is 34.8 Å². The molecule has 0 amide bonds. The van der Waals surface area contributed by atoms with Crippen LogP contribution < -0.4 is 0 Å². The lowest BCUT2D eigenvalue weighted by Crippen LogP contribution is -2.73. The quantitative estimate of drug-likeness (QED) is 0.182. The van der Waals surface area contributed by atoms with Crippen molar-refractivity contribution >= 4 is 34.5 Å². The SMILES string of the molecule is C=C1C[C@]23C[C@@]1(O)CC[C@H]2[C@@]12OC(=O)C[C@@](C)([C@H]1[C@H]3C(=O)O)[C@@H](O)[C@H](O)[C@H]2I. The molecule has 5 rings (SSSR count). The number of hydrogen-bond acceptors (Lipinski definition) is 6. The minimum atomic E-state index is -1.22. The second kappa shape index (κ2) is 5.31. The average molecular weight is 504 g/mol. The van der Waals surface area contributed by atoms with Crippen LogP contribution in [0.3, 0.4) is 0 Å². The zero-order chi connectivity index (χ0) is 20.4. The molecular weight excluding hydrogens is 479 g/mol. The van der Waals surface area contributed by atoms with Crippen LogP contribution >= 0.6 is 22.6 Å². The Morgan fingerprint density at radius 3 is 2.64 bits per heavy atom. The second-order valence-electron chi connectivity index (χ2n) is 9.95. The Balaban J connectivity index is 1.81. The lowest BCUT2D eigenvalue weighted by molar-refractivity contribution is -0.252. The van der Waals surface area contributed by atoms with Gasteiger partial charge in [-0.2, -0.15) is 0 Å². The topological polar surface area (TPSA) is 124 Å². The smallest absolute Gasteiger partial charge is 0.307 e. The number of carbonyl (C=O) groups excluding carboxylic acids is 1. The number of aliphatic hydroxyl groups is 3. The molecule has 4 N–H and O–H groups in total. The highest BCUT2D eigenvalue weighted by molar-refractivity contribution is 14.1. The van der Waals surface area contributed by atoms with E-state index < -0.39 is 61.9 Å². The summed E-state index contributed by atoms with van der Waals surface area (Å²) in [6, 6.07) is 0. The third kappa shape index (κ3) is 1.83. The van der Waals surface area contributed by atoms with Gasteiger partial charge < -0.3 is 25.2 Å². The first kappa shape index (κ1) is 19.3. The second-order valence-corrected chi connectivity index (χ2v) is 11.3. The van der Waals surface area contributed by atoms with E-state index in [0.29, 0.717) is 24.8 Å². The van der Waals surface area contributed by atoms with Crippen LogP contribution in [0.4, 0.5) is 0 Å². The zero-order valence-electron chi connectivity index (χ0n) is 15.6. The molecule has 0 aromatic rings. The van der Waals surface area contributed by atoms with Gasteiger partial charge in [0, 0.05) is 17.3 Å². The minimum absolute atomic E-state index is 0.126. The van der Waals surface area contributed by atoms with Gasteiger partial charge in [-0.05, 0) is 36.7 Å². The number of aliphatic hydroxyl groups excluding tert-OH is 2. The van der Waals surface area contributed by atoms with Crippen molar-refractivity contribution in [2.75, 3.05) is 0 Å². The standard InChI is InChI=1S/C20H25IO7/c1-8-5-18-7-19(8,27)4-3-9(18)20-13(11(18)16(25)26)17(2,6-10(22)28-20)15(24)12(23)14(20)21/h9,11-15,23-24,27H,1,3-7H2,2H3,(H,25,26)/t9-,11+,12-,13-,14-,15+,17+,18+,19+,20-/m1/s1. The summed E-state index contributed by atoms with van der Waals surface area (Å²) in [5, 5.41) is 43.3. The first-order valence-corrected chi connectivity index (χ1v) is 11.0. The maximum atomic E-state index is 12.7. The fourth-order valence-corrected chi connectivity index (χ4v) is 9.34. The van der Waals surface area contributed by atoms with Crippen molar-refractivity contribution in [3.63, 3.8) is 0 Å². The van der Waals surface area contributed by atoms with E-state index in [2.05, 4.69) is 6.58 Å². The molecule has 4 aliphatic carbocycles. The summed E-state index contributed by atoms with van der Waals surface area (Å²) in [7, 11) is 0. The number of hydrogen-bond donors (Lipinski definition) is 4. The minimum Gasteiger partial charge on any atom is -0.481 e. The molecule has 8 heteroatoms. The summed E-state index contributed by atoms with van der Waals surface area (Å²) in [5.41, 5.74) is -3.51. The Morgan fingerprint density at radius 1 is 1.32 bits per heavy atom. The molecule has 7 nitrogen and oxygen atoms in total. The number of aliphatic carboxylic acids is 1. The molecule has 28 heavy (non-hydrogen) atoms. The predicted molar refractivity (Wildman–Crippen MR) is 104 cm³/mol. The maximum Gasteiger partial charge on any atom is 0.307 e. The highest BCUT2D eigenvalue weighted by Crippen LogP contribution is 2.78. The van der Waals surface area contributed by atoms with Gasteiger partial charge in [0.15, 0.2) is 0 Å². The molecule has 0 aromatic heterocycles. The molecule has 0 unspecified atom stereocenters. The van der Waals surface area contributed by atoms with Crippen LogP contribution in [0, 0.1) is 28.6 Å². The highest BCUT2D eigenvalue weighted by atomic mass is 127. The van der Waals surface area contributed by atoms with Gasteiger partial charge in [0.25, 0.3) is 0 Å². The van der Waals surface area contributed by atoms with Crippen LogP contribution in [0.25, 0.3) is 0 Å². The van der Waals surface area contributed by atoms with Crippen LogP contribution in [-0.2, 0) is 14.3 Å². The van der Waals surface area contributed by atoms with Gasteiger partial charge in [-0.3, -0.25) is 9.59 Å². The summed E-state index contributed by atoms with van der Waals surface area (Å²) in [4.78, 5) is 25.3. The van der Waals surface area contributed by atoms with Crippen molar-refractivity contribution in [3.8, 4) is 0 Å². The Labute approximate surface area is 176 Å². The molecule has 5 fully saturated rings. The molecule has 1 saturated heterocycles. The number of carboxylic acid groups (broad SMARTS) is 1. The number of halogens is 1. The molecule has 1 aliphatic heterocycles. The molecule has 0 aromatic carbocycles. The zero-order valence-corrected chi connectivity index (χ0v) is 17.8.